The van der Waals surface area contributed by atoms with Crippen LogP contribution in [0.5, 0.6) is 17.2 Å². The fourth-order valence-electron chi connectivity index (χ4n) is 3.17. The number of benzene rings is 3. The first-order chi connectivity index (χ1) is 15.8. The molecule has 0 atom stereocenters. The lowest BCUT2D eigenvalue weighted by Crippen LogP contribution is -2.22. The van der Waals surface area contributed by atoms with Gasteiger partial charge >= 0.3 is 0 Å². The van der Waals surface area contributed by atoms with Crippen molar-refractivity contribution in [2.75, 3.05) is 33.6 Å². The van der Waals surface area contributed by atoms with Crippen LogP contribution in [0.1, 0.15) is 21.5 Å². The fraction of sp³-hybridized carbons (Fsp3) is 0.154. The van der Waals surface area contributed by atoms with E-state index >= 15 is 0 Å². The summed E-state index contributed by atoms with van der Waals surface area (Å²) in [5.41, 5.74) is 2.81. The SMILES string of the molecule is COc1cc(C=C(C(=O)N(C)C)c2ccc(NC(=O)c3cccc(O)c3)cc2)cc(OC)c1. The van der Waals surface area contributed by atoms with Gasteiger partial charge in [-0.3, -0.25) is 9.59 Å². The van der Waals surface area contributed by atoms with Gasteiger partial charge in [-0.25, -0.2) is 0 Å². The number of anilines is 1. The molecule has 0 aliphatic rings. The van der Waals surface area contributed by atoms with Gasteiger partial charge in [-0.2, -0.15) is 0 Å². The Bertz CT molecular complexity index is 1160. The second-order valence-corrected chi connectivity index (χ2v) is 7.49. The molecule has 0 bridgehead atoms. The molecule has 7 nitrogen and oxygen atoms in total. The van der Waals surface area contributed by atoms with E-state index in [9.17, 15) is 14.7 Å². The van der Waals surface area contributed by atoms with Gasteiger partial charge < -0.3 is 24.8 Å². The predicted molar refractivity (Wildman–Crippen MR) is 129 cm³/mol. The zero-order valence-electron chi connectivity index (χ0n) is 19.0. The molecule has 3 rings (SSSR count). The van der Waals surface area contributed by atoms with Crippen molar-refractivity contribution in [2.45, 2.75) is 0 Å². The Labute approximate surface area is 192 Å². The monoisotopic (exact) mass is 446 g/mol. The lowest BCUT2D eigenvalue weighted by molar-refractivity contribution is -0.122. The molecular formula is C26H26N2O5. The number of methoxy groups -OCH3 is 2. The molecule has 0 unspecified atom stereocenters. The first-order valence-electron chi connectivity index (χ1n) is 10.2. The minimum atomic E-state index is -0.345. The lowest BCUT2D eigenvalue weighted by Gasteiger charge is -2.15. The number of hydrogen-bond acceptors (Lipinski definition) is 5. The highest BCUT2D eigenvalue weighted by Gasteiger charge is 2.15. The number of hydrogen-bond donors (Lipinski definition) is 2. The number of nitrogens with one attached hydrogen (secondary N) is 1. The zero-order valence-corrected chi connectivity index (χ0v) is 19.0. The van der Waals surface area contributed by atoms with Gasteiger partial charge in [0.1, 0.15) is 17.2 Å². The lowest BCUT2D eigenvalue weighted by atomic mass is 10.0. The van der Waals surface area contributed by atoms with Crippen molar-refractivity contribution in [3.8, 4) is 17.2 Å². The Morgan fingerprint density at radius 1 is 0.879 bits per heavy atom. The Kier molecular flexibility index (Phi) is 7.35. The molecule has 0 saturated heterocycles. The van der Waals surface area contributed by atoms with Gasteiger partial charge in [0.05, 0.1) is 14.2 Å². The predicted octanol–water partition coefficient (Wildman–Crippen LogP) is 4.29. The molecule has 0 aliphatic heterocycles. The van der Waals surface area contributed by atoms with E-state index < -0.39 is 0 Å². The highest BCUT2D eigenvalue weighted by molar-refractivity contribution is 6.24. The third-order valence-corrected chi connectivity index (χ3v) is 4.88. The molecule has 0 aromatic heterocycles. The van der Waals surface area contributed by atoms with Crippen molar-refractivity contribution < 1.29 is 24.2 Å². The molecule has 0 spiro atoms. The van der Waals surface area contributed by atoms with Gasteiger partial charge in [-0.15, -0.1) is 0 Å². The summed E-state index contributed by atoms with van der Waals surface area (Å²) in [6.07, 6.45) is 1.77. The number of likely N-dealkylation sites (N-methyl/N-ethyl adjacent to an activating group) is 1. The third kappa shape index (κ3) is 5.92. The number of ether oxygens (including phenoxy) is 2. The van der Waals surface area contributed by atoms with Gasteiger partial charge in [0.2, 0.25) is 0 Å². The van der Waals surface area contributed by atoms with E-state index in [0.717, 1.165) is 5.56 Å². The van der Waals surface area contributed by atoms with E-state index in [1.807, 2.05) is 12.1 Å². The summed E-state index contributed by atoms with van der Waals surface area (Å²) in [6.45, 7) is 0. The number of carbonyl (C=O) groups excluding carboxylic acids is 2. The third-order valence-electron chi connectivity index (χ3n) is 4.88. The average molecular weight is 447 g/mol. The van der Waals surface area contributed by atoms with Crippen LogP contribution in [0.3, 0.4) is 0 Å². The minimum absolute atomic E-state index is 0.0177. The molecule has 7 heteroatoms. The van der Waals surface area contributed by atoms with Crippen LogP contribution in [0.2, 0.25) is 0 Å². The van der Waals surface area contributed by atoms with Gasteiger partial charge in [0.25, 0.3) is 11.8 Å². The number of carbonyl (C=O) groups is 2. The van der Waals surface area contributed by atoms with Gasteiger partial charge in [-0.05, 0) is 59.7 Å². The molecule has 170 valence electrons. The normalized spacial score (nSPS) is 11.0. The Morgan fingerprint density at radius 3 is 2.06 bits per heavy atom. The molecule has 3 aromatic carbocycles. The summed E-state index contributed by atoms with van der Waals surface area (Å²) in [5, 5.41) is 12.4. The second kappa shape index (κ2) is 10.4. The van der Waals surface area contributed by atoms with Crippen molar-refractivity contribution in [1.29, 1.82) is 0 Å². The van der Waals surface area contributed by atoms with Crippen molar-refractivity contribution >= 4 is 29.2 Å². The van der Waals surface area contributed by atoms with Crippen LogP contribution in [0.4, 0.5) is 5.69 Å². The molecule has 0 fully saturated rings. The van der Waals surface area contributed by atoms with E-state index in [1.165, 1.54) is 17.0 Å². The highest BCUT2D eigenvalue weighted by Crippen LogP contribution is 2.27. The second-order valence-electron chi connectivity index (χ2n) is 7.49. The topological polar surface area (TPSA) is 88.1 Å². The maximum atomic E-state index is 12.9. The molecule has 0 radical (unpaired) electrons. The smallest absolute Gasteiger partial charge is 0.255 e. The fourth-order valence-corrected chi connectivity index (χ4v) is 3.17. The van der Waals surface area contributed by atoms with Crippen LogP contribution in [0.15, 0.2) is 66.7 Å². The number of aromatic hydroxyl groups is 1. The minimum Gasteiger partial charge on any atom is -0.508 e. The number of amides is 2. The van der Waals surface area contributed by atoms with E-state index in [1.54, 1.807) is 76.9 Å². The zero-order chi connectivity index (χ0) is 24.0. The van der Waals surface area contributed by atoms with Gasteiger partial charge in [0.15, 0.2) is 0 Å². The molecule has 33 heavy (non-hydrogen) atoms. The van der Waals surface area contributed by atoms with Crippen molar-refractivity contribution in [1.82, 2.24) is 4.90 Å². The molecule has 2 amide bonds. The van der Waals surface area contributed by atoms with Crippen LogP contribution < -0.4 is 14.8 Å². The van der Waals surface area contributed by atoms with Crippen LogP contribution in [-0.2, 0) is 4.79 Å². The van der Waals surface area contributed by atoms with E-state index in [-0.39, 0.29) is 17.6 Å². The number of nitrogens with zero attached hydrogens (tertiary/aromatic N) is 1. The maximum absolute atomic E-state index is 12.9. The van der Waals surface area contributed by atoms with Crippen molar-refractivity contribution in [2.24, 2.45) is 0 Å². The molecule has 3 aromatic rings. The van der Waals surface area contributed by atoms with E-state index in [4.69, 9.17) is 9.47 Å². The summed E-state index contributed by atoms with van der Waals surface area (Å²) < 4.78 is 10.7. The van der Waals surface area contributed by atoms with Crippen molar-refractivity contribution in [3.05, 3.63) is 83.4 Å². The standard InChI is InChI=1S/C26H26N2O5/c1-28(2)26(31)24(14-17-12-22(32-3)16-23(13-17)33-4)18-8-10-20(11-9-18)27-25(30)19-6-5-7-21(29)15-19/h5-16,29H,1-4H3,(H,27,30). The number of phenols is 1. The van der Waals surface area contributed by atoms with Crippen LogP contribution in [-0.4, -0.2) is 50.1 Å². The Balaban J connectivity index is 1.92. The molecule has 0 heterocycles. The average Bonchev–Trinajstić information content (AvgIpc) is 2.82. The first kappa shape index (κ1) is 23.4. The van der Waals surface area contributed by atoms with Gasteiger partial charge in [0, 0.05) is 37.0 Å². The van der Waals surface area contributed by atoms with Gasteiger partial charge in [-0.1, -0.05) is 18.2 Å². The largest absolute Gasteiger partial charge is 0.508 e. The molecule has 0 saturated carbocycles. The molecular weight excluding hydrogens is 420 g/mol. The number of phenolic OH excluding ortho intramolecular Hbond substituents is 1. The van der Waals surface area contributed by atoms with Crippen LogP contribution in [0.25, 0.3) is 11.6 Å². The van der Waals surface area contributed by atoms with Crippen molar-refractivity contribution in [3.63, 3.8) is 0 Å². The summed E-state index contributed by atoms with van der Waals surface area (Å²) >= 11 is 0. The Morgan fingerprint density at radius 2 is 1.52 bits per heavy atom. The van der Waals surface area contributed by atoms with E-state index in [2.05, 4.69) is 5.32 Å². The molecule has 0 aliphatic carbocycles. The maximum Gasteiger partial charge on any atom is 0.255 e. The first-order valence-corrected chi connectivity index (χ1v) is 10.2. The van der Waals surface area contributed by atoms with E-state index in [0.29, 0.717) is 33.9 Å². The van der Waals surface area contributed by atoms with Crippen LogP contribution in [0, 0.1) is 0 Å². The summed E-state index contributed by atoms with van der Waals surface area (Å²) in [5.74, 6) is 0.726. The quantitative estimate of drug-likeness (QED) is 0.418. The summed E-state index contributed by atoms with van der Waals surface area (Å²) in [6, 6.07) is 18.5. The Hall–Kier alpha value is -4.26. The van der Waals surface area contributed by atoms with Crippen LogP contribution >= 0.6 is 0 Å². The summed E-state index contributed by atoms with van der Waals surface area (Å²) in [4.78, 5) is 26.9. The highest BCUT2D eigenvalue weighted by atomic mass is 16.5. The number of rotatable bonds is 7. The molecule has 2 N–H and O–H groups in total. The summed E-state index contributed by atoms with van der Waals surface area (Å²) in [7, 11) is 6.51.